The minimum Gasteiger partial charge on any atom is -0.477 e. The average molecular weight is 233 g/mol. The standard InChI is InChI=1S/C11H7NO3S/c13-5-8-4-7(6-16-8)9-2-1-3-10(12-9)11(14)15/h1-6H,(H,14,15). The lowest BCUT2D eigenvalue weighted by molar-refractivity contribution is 0.0690. The van der Waals surface area contributed by atoms with Crippen molar-refractivity contribution in [2.24, 2.45) is 0 Å². The molecule has 0 spiro atoms. The summed E-state index contributed by atoms with van der Waals surface area (Å²) in [5.74, 6) is -1.06. The Hall–Kier alpha value is -2.01. The molecule has 1 N–H and O–H groups in total. The first kappa shape index (κ1) is 10.5. The van der Waals surface area contributed by atoms with Gasteiger partial charge in [-0.2, -0.15) is 0 Å². The van der Waals surface area contributed by atoms with E-state index in [9.17, 15) is 9.59 Å². The van der Waals surface area contributed by atoms with Crippen molar-refractivity contribution in [1.29, 1.82) is 0 Å². The Morgan fingerprint density at radius 1 is 1.44 bits per heavy atom. The molecule has 0 aliphatic heterocycles. The zero-order valence-electron chi connectivity index (χ0n) is 8.08. The highest BCUT2D eigenvalue weighted by atomic mass is 32.1. The molecule has 0 saturated carbocycles. The van der Waals surface area contributed by atoms with Crippen LogP contribution < -0.4 is 0 Å². The molecule has 0 radical (unpaired) electrons. The van der Waals surface area contributed by atoms with E-state index in [1.54, 1.807) is 23.6 Å². The lowest BCUT2D eigenvalue weighted by Crippen LogP contribution is -2.00. The molecule has 4 nitrogen and oxygen atoms in total. The molecule has 0 aliphatic carbocycles. The van der Waals surface area contributed by atoms with Gasteiger partial charge in [-0.05, 0) is 18.2 Å². The average Bonchev–Trinajstić information content (AvgIpc) is 2.77. The number of carbonyl (C=O) groups is 2. The molecule has 2 rings (SSSR count). The zero-order valence-corrected chi connectivity index (χ0v) is 8.90. The molecular formula is C11H7NO3S. The van der Waals surface area contributed by atoms with Gasteiger partial charge in [0, 0.05) is 10.9 Å². The van der Waals surface area contributed by atoms with Crippen LogP contribution in [0, 0.1) is 0 Å². The number of carboxylic acids is 1. The molecule has 0 unspecified atom stereocenters. The van der Waals surface area contributed by atoms with Crippen LogP contribution in [0.4, 0.5) is 0 Å². The normalized spacial score (nSPS) is 10.0. The van der Waals surface area contributed by atoms with E-state index < -0.39 is 5.97 Å². The third-order valence-corrected chi connectivity index (χ3v) is 2.86. The van der Waals surface area contributed by atoms with Crippen molar-refractivity contribution >= 4 is 23.6 Å². The van der Waals surface area contributed by atoms with Crippen LogP contribution in [0.3, 0.4) is 0 Å². The van der Waals surface area contributed by atoms with Crippen molar-refractivity contribution in [3.05, 3.63) is 40.2 Å². The number of hydrogen-bond donors (Lipinski definition) is 1. The molecule has 0 fully saturated rings. The first-order valence-corrected chi connectivity index (χ1v) is 5.33. The van der Waals surface area contributed by atoms with Crippen LogP contribution in [0.5, 0.6) is 0 Å². The largest absolute Gasteiger partial charge is 0.477 e. The van der Waals surface area contributed by atoms with Gasteiger partial charge in [-0.3, -0.25) is 4.79 Å². The fraction of sp³-hybridized carbons (Fsp3) is 0. The number of aromatic nitrogens is 1. The molecule has 16 heavy (non-hydrogen) atoms. The molecule has 0 amide bonds. The Kier molecular flexibility index (Phi) is 2.78. The summed E-state index contributed by atoms with van der Waals surface area (Å²) in [5.41, 5.74) is 1.32. The maximum atomic E-state index is 10.7. The van der Waals surface area contributed by atoms with Crippen molar-refractivity contribution in [2.75, 3.05) is 0 Å². The molecule has 80 valence electrons. The van der Waals surface area contributed by atoms with Crippen molar-refractivity contribution in [2.45, 2.75) is 0 Å². The SMILES string of the molecule is O=Cc1cc(-c2cccc(C(=O)O)n2)cs1. The second-order valence-corrected chi connectivity index (χ2v) is 4.01. The van der Waals surface area contributed by atoms with Gasteiger partial charge in [0.25, 0.3) is 0 Å². The number of thiophene rings is 1. The van der Waals surface area contributed by atoms with Gasteiger partial charge in [-0.25, -0.2) is 9.78 Å². The fourth-order valence-electron chi connectivity index (χ4n) is 1.26. The van der Waals surface area contributed by atoms with Crippen molar-refractivity contribution < 1.29 is 14.7 Å². The monoisotopic (exact) mass is 233 g/mol. The molecule has 0 bridgehead atoms. The van der Waals surface area contributed by atoms with E-state index in [2.05, 4.69) is 4.98 Å². The molecule has 2 aromatic heterocycles. The number of nitrogens with zero attached hydrogens (tertiary/aromatic N) is 1. The summed E-state index contributed by atoms with van der Waals surface area (Å²) in [5, 5.41) is 10.6. The summed E-state index contributed by atoms with van der Waals surface area (Å²) < 4.78 is 0. The summed E-state index contributed by atoms with van der Waals surface area (Å²) in [4.78, 5) is 25.8. The first-order chi connectivity index (χ1) is 7.70. The Morgan fingerprint density at radius 3 is 2.88 bits per heavy atom. The highest BCUT2D eigenvalue weighted by Crippen LogP contribution is 2.23. The van der Waals surface area contributed by atoms with E-state index >= 15 is 0 Å². The van der Waals surface area contributed by atoms with Crippen LogP contribution in [0.1, 0.15) is 20.2 Å². The second kappa shape index (κ2) is 4.24. The number of pyridine rings is 1. The number of carboxylic acid groups (broad SMARTS) is 1. The summed E-state index contributed by atoms with van der Waals surface area (Å²) in [6, 6.07) is 6.46. The molecule has 0 atom stereocenters. The molecule has 0 aromatic carbocycles. The van der Waals surface area contributed by atoms with Crippen molar-refractivity contribution in [3.63, 3.8) is 0 Å². The predicted molar refractivity (Wildman–Crippen MR) is 59.9 cm³/mol. The molecule has 2 heterocycles. The number of aldehydes is 1. The third-order valence-electron chi connectivity index (χ3n) is 2.00. The minimum atomic E-state index is -1.06. The van der Waals surface area contributed by atoms with E-state index in [-0.39, 0.29) is 5.69 Å². The van der Waals surface area contributed by atoms with E-state index in [0.29, 0.717) is 10.6 Å². The van der Waals surface area contributed by atoms with E-state index in [0.717, 1.165) is 11.8 Å². The Bertz CT molecular complexity index is 548. The van der Waals surface area contributed by atoms with Gasteiger partial charge >= 0.3 is 5.97 Å². The first-order valence-electron chi connectivity index (χ1n) is 4.45. The van der Waals surface area contributed by atoms with Crippen molar-refractivity contribution in [1.82, 2.24) is 4.98 Å². The summed E-state index contributed by atoms with van der Waals surface area (Å²) in [6.45, 7) is 0. The maximum Gasteiger partial charge on any atom is 0.354 e. The van der Waals surface area contributed by atoms with Gasteiger partial charge in [-0.15, -0.1) is 11.3 Å². The molecule has 0 saturated heterocycles. The molecular weight excluding hydrogens is 226 g/mol. The van der Waals surface area contributed by atoms with Crippen LogP contribution in [-0.4, -0.2) is 22.3 Å². The summed E-state index contributed by atoms with van der Waals surface area (Å²) >= 11 is 1.30. The van der Waals surface area contributed by atoms with Gasteiger partial charge in [0.1, 0.15) is 5.69 Å². The fourth-order valence-corrected chi connectivity index (χ4v) is 1.97. The Labute approximate surface area is 95.2 Å². The smallest absolute Gasteiger partial charge is 0.354 e. The summed E-state index contributed by atoms with van der Waals surface area (Å²) in [6.07, 6.45) is 0.759. The van der Waals surface area contributed by atoms with Crippen molar-refractivity contribution in [3.8, 4) is 11.3 Å². The zero-order chi connectivity index (χ0) is 11.5. The van der Waals surface area contributed by atoms with Crippen LogP contribution >= 0.6 is 11.3 Å². The third kappa shape index (κ3) is 1.99. The number of carbonyl (C=O) groups excluding carboxylic acids is 1. The number of rotatable bonds is 3. The summed E-state index contributed by atoms with van der Waals surface area (Å²) in [7, 11) is 0. The van der Waals surface area contributed by atoms with Crippen LogP contribution in [-0.2, 0) is 0 Å². The lowest BCUT2D eigenvalue weighted by Gasteiger charge is -1.98. The van der Waals surface area contributed by atoms with E-state index in [1.807, 2.05) is 0 Å². The molecule has 5 heteroatoms. The van der Waals surface area contributed by atoms with Gasteiger partial charge in [0.2, 0.25) is 0 Å². The maximum absolute atomic E-state index is 10.7. The van der Waals surface area contributed by atoms with Gasteiger partial charge in [-0.1, -0.05) is 6.07 Å². The number of aromatic carboxylic acids is 1. The highest BCUT2D eigenvalue weighted by molar-refractivity contribution is 7.12. The number of hydrogen-bond acceptors (Lipinski definition) is 4. The molecule has 0 aliphatic rings. The second-order valence-electron chi connectivity index (χ2n) is 3.07. The van der Waals surface area contributed by atoms with Crippen LogP contribution in [0.15, 0.2) is 29.6 Å². The Morgan fingerprint density at radius 2 is 2.25 bits per heavy atom. The molecule has 2 aromatic rings. The predicted octanol–water partition coefficient (Wildman–Crippen LogP) is 2.32. The van der Waals surface area contributed by atoms with Gasteiger partial charge < -0.3 is 5.11 Å². The minimum absolute atomic E-state index is 0.00338. The van der Waals surface area contributed by atoms with Crippen LogP contribution in [0.25, 0.3) is 11.3 Å². The van der Waals surface area contributed by atoms with Gasteiger partial charge in [0.05, 0.1) is 10.6 Å². The quantitative estimate of drug-likeness (QED) is 0.826. The van der Waals surface area contributed by atoms with E-state index in [4.69, 9.17) is 5.11 Å². The van der Waals surface area contributed by atoms with Crippen LogP contribution in [0.2, 0.25) is 0 Å². The highest BCUT2D eigenvalue weighted by Gasteiger charge is 2.07. The lowest BCUT2D eigenvalue weighted by atomic mass is 10.2. The Balaban J connectivity index is 2.43. The van der Waals surface area contributed by atoms with E-state index in [1.165, 1.54) is 17.4 Å². The van der Waals surface area contributed by atoms with Gasteiger partial charge in [0.15, 0.2) is 6.29 Å². The topological polar surface area (TPSA) is 67.3 Å².